The number of hydrogen-bond acceptors (Lipinski definition) is 2. The summed E-state index contributed by atoms with van der Waals surface area (Å²) in [6, 6.07) is 3.75. The maximum atomic E-state index is 13.2. The van der Waals surface area contributed by atoms with Crippen molar-refractivity contribution in [2.24, 2.45) is 0 Å². The highest BCUT2D eigenvalue weighted by Gasteiger charge is 2.15. The number of rotatable bonds is 3. The summed E-state index contributed by atoms with van der Waals surface area (Å²) >= 11 is 0. The van der Waals surface area contributed by atoms with Crippen LogP contribution in [0.4, 0.5) is 18.9 Å². The van der Waals surface area contributed by atoms with Crippen LogP contribution < -0.4 is 9.64 Å². The van der Waals surface area contributed by atoms with Crippen molar-refractivity contribution < 1.29 is 17.9 Å². The van der Waals surface area contributed by atoms with E-state index in [-0.39, 0.29) is 5.75 Å². The van der Waals surface area contributed by atoms with Gasteiger partial charge in [0, 0.05) is 30.9 Å². The van der Waals surface area contributed by atoms with Crippen LogP contribution in [0, 0.1) is 5.82 Å². The monoisotopic (exact) mass is 231 g/mol. The van der Waals surface area contributed by atoms with E-state index in [0.717, 1.165) is 32.0 Å². The number of ether oxygens (including phenoxy) is 1. The molecule has 1 fully saturated rings. The molecule has 0 aliphatic carbocycles. The Balaban J connectivity index is 2.20. The molecule has 1 aliphatic rings. The van der Waals surface area contributed by atoms with Crippen molar-refractivity contribution in [3.05, 3.63) is 24.0 Å². The average molecular weight is 231 g/mol. The molecule has 5 heteroatoms. The Morgan fingerprint density at radius 2 is 1.81 bits per heavy atom. The molecule has 0 aromatic heterocycles. The van der Waals surface area contributed by atoms with Crippen LogP contribution >= 0.6 is 0 Å². The largest absolute Gasteiger partial charge is 0.435 e. The van der Waals surface area contributed by atoms with E-state index < -0.39 is 12.4 Å². The molecule has 2 nitrogen and oxygen atoms in total. The summed E-state index contributed by atoms with van der Waals surface area (Å²) in [6.07, 6.45) is 2.09. The van der Waals surface area contributed by atoms with Crippen LogP contribution in [-0.4, -0.2) is 19.7 Å². The molecule has 0 unspecified atom stereocenters. The Morgan fingerprint density at radius 3 is 2.44 bits per heavy atom. The van der Waals surface area contributed by atoms with E-state index in [1.807, 2.05) is 4.90 Å². The lowest BCUT2D eigenvalue weighted by atomic mass is 10.2. The van der Waals surface area contributed by atoms with Gasteiger partial charge in [0.15, 0.2) is 0 Å². The van der Waals surface area contributed by atoms with Crippen LogP contribution in [0.15, 0.2) is 18.2 Å². The highest BCUT2D eigenvalue weighted by molar-refractivity contribution is 5.51. The van der Waals surface area contributed by atoms with Crippen molar-refractivity contribution in [1.82, 2.24) is 0 Å². The summed E-state index contributed by atoms with van der Waals surface area (Å²) in [6.45, 7) is -1.26. The maximum absolute atomic E-state index is 13.2. The SMILES string of the molecule is Fc1cc(OC(F)F)cc(N2CCCC2)c1. The molecule has 0 amide bonds. The highest BCUT2D eigenvalue weighted by Crippen LogP contribution is 2.27. The van der Waals surface area contributed by atoms with Crippen molar-refractivity contribution in [2.75, 3.05) is 18.0 Å². The Bertz CT molecular complexity index is 364. The Hall–Kier alpha value is -1.39. The lowest BCUT2D eigenvalue weighted by molar-refractivity contribution is -0.0499. The fourth-order valence-corrected chi connectivity index (χ4v) is 1.88. The normalized spacial score (nSPS) is 15.9. The molecule has 1 saturated heterocycles. The van der Waals surface area contributed by atoms with Crippen LogP contribution in [0.25, 0.3) is 0 Å². The van der Waals surface area contributed by atoms with Gasteiger partial charge >= 0.3 is 6.61 Å². The molecule has 0 N–H and O–H groups in total. The van der Waals surface area contributed by atoms with E-state index in [0.29, 0.717) is 5.69 Å². The Labute approximate surface area is 91.6 Å². The van der Waals surface area contributed by atoms with Crippen LogP contribution in [0.2, 0.25) is 0 Å². The molecule has 0 bridgehead atoms. The first kappa shape index (κ1) is 11.1. The van der Waals surface area contributed by atoms with Crippen LogP contribution in [0.5, 0.6) is 5.75 Å². The molecule has 88 valence electrons. The average Bonchev–Trinajstić information content (AvgIpc) is 2.67. The zero-order chi connectivity index (χ0) is 11.5. The molecule has 2 rings (SSSR count). The first-order valence-corrected chi connectivity index (χ1v) is 5.15. The van der Waals surface area contributed by atoms with Gasteiger partial charge in [-0.1, -0.05) is 0 Å². The minimum Gasteiger partial charge on any atom is -0.435 e. The Morgan fingerprint density at radius 1 is 1.12 bits per heavy atom. The molecule has 0 radical (unpaired) electrons. The fourth-order valence-electron chi connectivity index (χ4n) is 1.88. The van der Waals surface area contributed by atoms with Crippen molar-refractivity contribution in [3.8, 4) is 5.75 Å². The molecule has 1 heterocycles. The van der Waals surface area contributed by atoms with Crippen molar-refractivity contribution in [1.29, 1.82) is 0 Å². The van der Waals surface area contributed by atoms with Gasteiger partial charge in [-0.25, -0.2) is 4.39 Å². The van der Waals surface area contributed by atoms with Gasteiger partial charge in [-0.3, -0.25) is 0 Å². The fraction of sp³-hybridized carbons (Fsp3) is 0.455. The molecule has 0 saturated carbocycles. The zero-order valence-corrected chi connectivity index (χ0v) is 8.63. The van der Waals surface area contributed by atoms with Gasteiger partial charge in [0.1, 0.15) is 11.6 Å². The van der Waals surface area contributed by atoms with E-state index in [1.54, 1.807) is 0 Å². The van der Waals surface area contributed by atoms with Crippen LogP contribution in [0.3, 0.4) is 0 Å². The molecule has 1 aromatic carbocycles. The van der Waals surface area contributed by atoms with E-state index in [2.05, 4.69) is 4.74 Å². The van der Waals surface area contributed by atoms with Crippen LogP contribution in [-0.2, 0) is 0 Å². The lowest BCUT2D eigenvalue weighted by Crippen LogP contribution is -2.17. The van der Waals surface area contributed by atoms with Gasteiger partial charge in [0.2, 0.25) is 0 Å². The van der Waals surface area contributed by atoms with E-state index in [4.69, 9.17) is 0 Å². The van der Waals surface area contributed by atoms with E-state index in [1.165, 1.54) is 12.1 Å². The number of alkyl halides is 2. The number of hydrogen-bond donors (Lipinski definition) is 0. The second-order valence-corrected chi connectivity index (χ2v) is 3.72. The lowest BCUT2D eigenvalue weighted by Gasteiger charge is -2.18. The molecule has 1 aromatic rings. The highest BCUT2D eigenvalue weighted by atomic mass is 19.3. The number of nitrogens with zero attached hydrogens (tertiary/aromatic N) is 1. The first-order chi connectivity index (χ1) is 7.65. The zero-order valence-electron chi connectivity index (χ0n) is 8.63. The van der Waals surface area contributed by atoms with Gasteiger partial charge in [0.25, 0.3) is 0 Å². The van der Waals surface area contributed by atoms with E-state index >= 15 is 0 Å². The van der Waals surface area contributed by atoms with Crippen LogP contribution in [0.1, 0.15) is 12.8 Å². The summed E-state index contributed by atoms with van der Waals surface area (Å²) < 4.78 is 41.4. The predicted octanol–water partition coefficient (Wildman–Crippen LogP) is 3.03. The molecular weight excluding hydrogens is 219 g/mol. The Kier molecular flexibility index (Phi) is 3.22. The third-order valence-electron chi connectivity index (χ3n) is 2.55. The molecule has 0 atom stereocenters. The summed E-state index contributed by atoms with van der Waals surface area (Å²) in [5, 5.41) is 0. The molecule has 16 heavy (non-hydrogen) atoms. The van der Waals surface area contributed by atoms with Gasteiger partial charge in [-0.05, 0) is 18.9 Å². The van der Waals surface area contributed by atoms with Crippen molar-refractivity contribution in [2.45, 2.75) is 19.5 Å². The topological polar surface area (TPSA) is 12.5 Å². The maximum Gasteiger partial charge on any atom is 0.387 e. The van der Waals surface area contributed by atoms with Crippen molar-refractivity contribution in [3.63, 3.8) is 0 Å². The summed E-state index contributed by atoms with van der Waals surface area (Å²) in [5.41, 5.74) is 0.605. The summed E-state index contributed by atoms with van der Waals surface area (Å²) in [4.78, 5) is 1.96. The second-order valence-electron chi connectivity index (χ2n) is 3.72. The summed E-state index contributed by atoms with van der Waals surface area (Å²) in [5.74, 6) is -0.683. The van der Waals surface area contributed by atoms with Gasteiger partial charge in [-0.15, -0.1) is 0 Å². The first-order valence-electron chi connectivity index (χ1n) is 5.15. The second kappa shape index (κ2) is 4.63. The minimum atomic E-state index is -2.92. The third kappa shape index (κ3) is 2.59. The molecular formula is C11H12F3NO. The van der Waals surface area contributed by atoms with Gasteiger partial charge < -0.3 is 9.64 Å². The standard InChI is InChI=1S/C11H12F3NO/c12-8-5-9(15-3-1-2-4-15)7-10(6-8)16-11(13)14/h5-7,11H,1-4H2. The number of anilines is 1. The number of benzene rings is 1. The molecule has 0 spiro atoms. The summed E-state index contributed by atoms with van der Waals surface area (Å²) in [7, 11) is 0. The van der Waals surface area contributed by atoms with E-state index in [9.17, 15) is 13.2 Å². The third-order valence-corrected chi connectivity index (χ3v) is 2.55. The molecule has 1 aliphatic heterocycles. The minimum absolute atomic E-state index is 0.128. The smallest absolute Gasteiger partial charge is 0.387 e. The quantitative estimate of drug-likeness (QED) is 0.792. The van der Waals surface area contributed by atoms with Gasteiger partial charge in [0.05, 0.1) is 0 Å². The predicted molar refractivity (Wildman–Crippen MR) is 54.5 cm³/mol. The van der Waals surface area contributed by atoms with Crippen molar-refractivity contribution >= 4 is 5.69 Å². The van der Waals surface area contributed by atoms with Gasteiger partial charge in [-0.2, -0.15) is 8.78 Å². The number of halogens is 3.